The molecule has 0 amide bonds. The van der Waals surface area contributed by atoms with Crippen molar-refractivity contribution in [3.8, 4) is 0 Å². The molecule has 0 bridgehead atoms. The minimum absolute atomic E-state index is 1.37. The molecular weight excluding hydrogens is 519 g/mol. The van der Waals surface area contributed by atoms with Crippen LogP contribution < -0.4 is 0 Å². The fourth-order valence-electron chi connectivity index (χ4n) is 5.70. The van der Waals surface area contributed by atoms with Gasteiger partial charge in [0.1, 0.15) is 0 Å². The van der Waals surface area contributed by atoms with Crippen molar-refractivity contribution in [2.45, 2.75) is 194 Å². The van der Waals surface area contributed by atoms with E-state index in [1.807, 2.05) is 0 Å². The van der Waals surface area contributed by atoms with Crippen molar-refractivity contribution in [3.05, 3.63) is 0 Å². The normalized spacial score (nSPS) is 13.2. The molecule has 0 aliphatic heterocycles. The minimum Gasteiger partial charge on any atom is -0.0654 e. The topological polar surface area (TPSA) is 0 Å². The standard InChI is InChI=1S/C34H72BrP/c1-5-7-9-11-13-15-17-19-21-23-25-27-29-31-33-36(3,4,35)34-32-30-28-26-24-22-20-18-16-14-12-10-8-6-2/h5-34H2,1-4H3. The van der Waals surface area contributed by atoms with Crippen molar-refractivity contribution < 1.29 is 0 Å². The van der Waals surface area contributed by atoms with Crippen LogP contribution >= 0.6 is 20.8 Å². The first-order valence-corrected chi connectivity index (χ1v) is 22.6. The van der Waals surface area contributed by atoms with Gasteiger partial charge in [-0.3, -0.25) is 0 Å². The van der Waals surface area contributed by atoms with Crippen molar-refractivity contribution in [1.29, 1.82) is 0 Å². The van der Waals surface area contributed by atoms with Gasteiger partial charge in [-0.1, -0.05) is 52.4 Å². The maximum atomic E-state index is 4.29. The summed E-state index contributed by atoms with van der Waals surface area (Å²) >= 11 is 4.29. The Morgan fingerprint density at radius 1 is 0.306 bits per heavy atom. The SMILES string of the molecule is CCCCCCCCCCCCCCCCP(C)(C)(Br)CCCCCCCCCCCCCCCC. The van der Waals surface area contributed by atoms with Crippen LogP contribution in [0.3, 0.4) is 0 Å². The Kier molecular flexibility index (Phi) is 26.8. The second-order valence-electron chi connectivity index (χ2n) is 13.2. The summed E-state index contributed by atoms with van der Waals surface area (Å²) in [5.41, 5.74) is 0. The van der Waals surface area contributed by atoms with Crippen molar-refractivity contribution in [2.24, 2.45) is 0 Å². The molecule has 0 spiro atoms. The van der Waals surface area contributed by atoms with Gasteiger partial charge in [0, 0.05) is 0 Å². The summed E-state index contributed by atoms with van der Waals surface area (Å²) in [6, 6.07) is 0. The average molecular weight is 592 g/mol. The van der Waals surface area contributed by atoms with E-state index in [1.165, 1.54) is 192 Å². The van der Waals surface area contributed by atoms with Crippen LogP contribution in [-0.4, -0.2) is 25.7 Å². The van der Waals surface area contributed by atoms with Gasteiger partial charge in [0.15, 0.2) is 0 Å². The Labute approximate surface area is 239 Å². The van der Waals surface area contributed by atoms with Crippen LogP contribution in [0.25, 0.3) is 0 Å². The summed E-state index contributed by atoms with van der Waals surface area (Å²) < 4.78 is 0. The zero-order valence-electron chi connectivity index (χ0n) is 26.0. The summed E-state index contributed by atoms with van der Waals surface area (Å²) in [6.45, 7) is 9.80. The van der Waals surface area contributed by atoms with E-state index in [-0.39, 0.29) is 0 Å². The van der Waals surface area contributed by atoms with E-state index >= 15 is 0 Å². The van der Waals surface area contributed by atoms with E-state index in [0.29, 0.717) is 0 Å². The monoisotopic (exact) mass is 590 g/mol. The van der Waals surface area contributed by atoms with E-state index < -0.39 is 5.31 Å². The van der Waals surface area contributed by atoms with Crippen LogP contribution in [-0.2, 0) is 0 Å². The van der Waals surface area contributed by atoms with Crippen molar-refractivity contribution in [2.75, 3.05) is 25.7 Å². The van der Waals surface area contributed by atoms with Gasteiger partial charge in [-0.25, -0.2) is 0 Å². The molecule has 0 aromatic rings. The minimum atomic E-state index is -1.57. The molecule has 0 fully saturated rings. The summed E-state index contributed by atoms with van der Waals surface area (Å²) in [5, 5.41) is -1.57. The number of rotatable bonds is 30. The third kappa shape index (κ3) is 29.5. The molecule has 36 heavy (non-hydrogen) atoms. The summed E-state index contributed by atoms with van der Waals surface area (Å²) in [7, 11) is 0. The van der Waals surface area contributed by atoms with E-state index in [1.54, 1.807) is 0 Å². The molecule has 0 saturated heterocycles. The van der Waals surface area contributed by atoms with E-state index in [9.17, 15) is 0 Å². The second-order valence-corrected chi connectivity index (χ2v) is 26.3. The first-order chi connectivity index (χ1) is 17.4. The molecule has 0 unspecified atom stereocenters. The van der Waals surface area contributed by atoms with Gasteiger partial charge in [-0.2, -0.15) is 0 Å². The molecule has 0 radical (unpaired) electrons. The Morgan fingerprint density at radius 3 is 0.667 bits per heavy atom. The molecule has 0 rings (SSSR count). The van der Waals surface area contributed by atoms with Gasteiger partial charge in [0.2, 0.25) is 0 Å². The van der Waals surface area contributed by atoms with Gasteiger partial charge < -0.3 is 0 Å². The molecule has 0 aromatic carbocycles. The smallest absolute Gasteiger partial charge is 0.0654 e. The predicted octanol–water partition coefficient (Wildman–Crippen LogP) is 14.1. The molecular formula is C34H72BrP. The van der Waals surface area contributed by atoms with Gasteiger partial charge in [0.05, 0.1) is 0 Å². The van der Waals surface area contributed by atoms with E-state index in [2.05, 4.69) is 42.7 Å². The molecule has 0 nitrogen and oxygen atoms in total. The molecule has 220 valence electrons. The summed E-state index contributed by atoms with van der Waals surface area (Å²) in [4.78, 5) is 0. The first kappa shape index (κ1) is 36.9. The molecule has 0 heterocycles. The molecule has 0 aliphatic carbocycles. The molecule has 0 saturated carbocycles. The van der Waals surface area contributed by atoms with Gasteiger partial charge >= 0.3 is 188 Å². The molecule has 0 atom stereocenters. The second kappa shape index (κ2) is 26.1. The van der Waals surface area contributed by atoms with Crippen LogP contribution in [0.5, 0.6) is 0 Å². The zero-order chi connectivity index (χ0) is 26.7. The van der Waals surface area contributed by atoms with Crippen LogP contribution in [0.1, 0.15) is 194 Å². The third-order valence-corrected chi connectivity index (χ3v) is 13.9. The van der Waals surface area contributed by atoms with Gasteiger partial charge in [-0.05, 0) is 0 Å². The van der Waals surface area contributed by atoms with Crippen LogP contribution in [0.15, 0.2) is 0 Å². The first-order valence-electron chi connectivity index (χ1n) is 17.1. The van der Waals surface area contributed by atoms with E-state index in [0.717, 1.165) is 0 Å². The van der Waals surface area contributed by atoms with Crippen LogP contribution in [0.4, 0.5) is 0 Å². The third-order valence-electron chi connectivity index (χ3n) is 8.40. The maximum absolute atomic E-state index is 4.29. The number of hydrogen-bond donors (Lipinski definition) is 0. The van der Waals surface area contributed by atoms with Gasteiger partial charge in [0.25, 0.3) is 0 Å². The number of halogens is 1. The molecule has 2 heteroatoms. The fourth-order valence-corrected chi connectivity index (χ4v) is 9.83. The fraction of sp³-hybridized carbons (Fsp3) is 1.00. The number of unbranched alkanes of at least 4 members (excludes halogenated alkanes) is 26. The van der Waals surface area contributed by atoms with Crippen LogP contribution in [0.2, 0.25) is 0 Å². The van der Waals surface area contributed by atoms with Crippen molar-refractivity contribution in [1.82, 2.24) is 0 Å². The Balaban J connectivity index is 3.43. The van der Waals surface area contributed by atoms with Gasteiger partial charge in [-0.15, -0.1) is 0 Å². The van der Waals surface area contributed by atoms with E-state index in [4.69, 9.17) is 0 Å². The Hall–Kier alpha value is 0.910. The zero-order valence-corrected chi connectivity index (χ0v) is 28.5. The summed E-state index contributed by atoms with van der Waals surface area (Å²) in [6.07, 6.45) is 43.9. The Morgan fingerprint density at radius 2 is 0.472 bits per heavy atom. The molecule has 0 aromatic heterocycles. The quantitative estimate of drug-likeness (QED) is 0.0576. The predicted molar refractivity (Wildman–Crippen MR) is 178 cm³/mol. The molecule has 0 N–H and O–H groups in total. The molecule has 0 aliphatic rings. The van der Waals surface area contributed by atoms with Crippen molar-refractivity contribution in [3.63, 3.8) is 0 Å². The average Bonchev–Trinajstić information content (AvgIpc) is 2.84. The number of hydrogen-bond acceptors (Lipinski definition) is 0. The van der Waals surface area contributed by atoms with Crippen molar-refractivity contribution >= 4 is 20.8 Å². The van der Waals surface area contributed by atoms with Crippen LogP contribution in [0, 0.1) is 0 Å². The summed E-state index contributed by atoms with van der Waals surface area (Å²) in [5.74, 6) is 0. The Bertz CT molecular complexity index is 389.